The van der Waals surface area contributed by atoms with Crippen LogP contribution in [-0.4, -0.2) is 37.3 Å². The minimum Gasteiger partial charge on any atom is -0.314 e. The molecule has 1 aliphatic heterocycles. The van der Waals surface area contributed by atoms with Gasteiger partial charge in [0, 0.05) is 36.8 Å². The number of rotatable bonds is 2. The second-order valence-electron chi connectivity index (χ2n) is 4.40. The van der Waals surface area contributed by atoms with E-state index in [0.29, 0.717) is 13.1 Å². The lowest BCUT2D eigenvalue weighted by molar-refractivity contribution is -0.188. The van der Waals surface area contributed by atoms with E-state index < -0.39 is 18.0 Å². The summed E-state index contributed by atoms with van der Waals surface area (Å²) in [6.07, 6.45) is -4.52. The Morgan fingerprint density at radius 1 is 1.20 bits per heavy atom. The molecular formula is C12H14Cl2F4N2. The largest absolute Gasteiger partial charge is 0.408 e. The van der Waals surface area contributed by atoms with Gasteiger partial charge in [-0.2, -0.15) is 13.2 Å². The molecular weight excluding hydrogens is 319 g/mol. The highest BCUT2D eigenvalue weighted by Crippen LogP contribution is 2.39. The van der Waals surface area contributed by atoms with Crippen molar-refractivity contribution in [1.29, 1.82) is 0 Å². The van der Waals surface area contributed by atoms with Gasteiger partial charge in [-0.15, -0.1) is 12.4 Å². The molecule has 1 N–H and O–H groups in total. The highest BCUT2D eigenvalue weighted by atomic mass is 35.5. The Labute approximate surface area is 125 Å². The van der Waals surface area contributed by atoms with E-state index in [-0.39, 0.29) is 36.1 Å². The predicted molar refractivity (Wildman–Crippen MR) is 71.9 cm³/mol. The molecule has 1 saturated heterocycles. The highest BCUT2D eigenvalue weighted by molar-refractivity contribution is 6.30. The third-order valence-electron chi connectivity index (χ3n) is 3.08. The van der Waals surface area contributed by atoms with Crippen molar-refractivity contribution in [2.75, 3.05) is 26.2 Å². The SMILES string of the molecule is Cl.Fc1cc(Cl)ccc1[C@@H](N1CCNCC1)C(F)(F)F. The average Bonchev–Trinajstić information content (AvgIpc) is 2.32. The van der Waals surface area contributed by atoms with Gasteiger partial charge in [0.15, 0.2) is 0 Å². The quantitative estimate of drug-likeness (QED) is 0.835. The molecule has 0 amide bonds. The van der Waals surface area contributed by atoms with Crippen LogP contribution in [0, 0.1) is 5.82 Å². The maximum Gasteiger partial charge on any atom is 0.408 e. The van der Waals surface area contributed by atoms with Gasteiger partial charge in [0.25, 0.3) is 0 Å². The maximum atomic E-state index is 13.8. The van der Waals surface area contributed by atoms with Crippen LogP contribution < -0.4 is 5.32 Å². The first kappa shape index (κ1) is 17.5. The monoisotopic (exact) mass is 332 g/mol. The first-order valence-corrected chi connectivity index (χ1v) is 6.24. The molecule has 0 radical (unpaired) electrons. The molecule has 1 atom stereocenters. The maximum absolute atomic E-state index is 13.8. The Bertz CT molecular complexity index is 448. The van der Waals surface area contributed by atoms with Crippen molar-refractivity contribution in [2.24, 2.45) is 0 Å². The lowest BCUT2D eigenvalue weighted by Crippen LogP contribution is -2.49. The first-order valence-electron chi connectivity index (χ1n) is 5.86. The number of hydrogen-bond donors (Lipinski definition) is 1. The zero-order valence-corrected chi connectivity index (χ0v) is 12.0. The summed E-state index contributed by atoms with van der Waals surface area (Å²) < 4.78 is 53.4. The van der Waals surface area contributed by atoms with Gasteiger partial charge < -0.3 is 5.32 Å². The summed E-state index contributed by atoms with van der Waals surface area (Å²) in [5.41, 5.74) is -0.376. The summed E-state index contributed by atoms with van der Waals surface area (Å²) in [4.78, 5) is 1.24. The number of hydrogen-bond acceptors (Lipinski definition) is 2. The number of nitrogens with zero attached hydrogens (tertiary/aromatic N) is 1. The normalized spacial score (nSPS) is 18.4. The Balaban J connectivity index is 0.00000200. The third kappa shape index (κ3) is 3.97. The molecule has 2 rings (SSSR count). The summed E-state index contributed by atoms with van der Waals surface area (Å²) in [6, 6.07) is 1.38. The molecule has 8 heteroatoms. The molecule has 1 aromatic carbocycles. The van der Waals surface area contributed by atoms with Crippen LogP contribution in [0.1, 0.15) is 11.6 Å². The molecule has 1 aliphatic rings. The van der Waals surface area contributed by atoms with Crippen molar-refractivity contribution in [3.05, 3.63) is 34.6 Å². The van der Waals surface area contributed by atoms with Crippen LogP contribution in [0.3, 0.4) is 0 Å². The molecule has 0 aliphatic carbocycles. The smallest absolute Gasteiger partial charge is 0.314 e. The van der Waals surface area contributed by atoms with Crippen LogP contribution >= 0.6 is 24.0 Å². The fraction of sp³-hybridized carbons (Fsp3) is 0.500. The van der Waals surface area contributed by atoms with Crippen LogP contribution in [0.15, 0.2) is 18.2 Å². The molecule has 0 bridgehead atoms. The van der Waals surface area contributed by atoms with Crippen LogP contribution in [0.4, 0.5) is 17.6 Å². The minimum absolute atomic E-state index is 0. The van der Waals surface area contributed by atoms with E-state index in [1.807, 2.05) is 0 Å². The van der Waals surface area contributed by atoms with E-state index in [4.69, 9.17) is 11.6 Å². The molecule has 20 heavy (non-hydrogen) atoms. The van der Waals surface area contributed by atoms with Crippen molar-refractivity contribution in [2.45, 2.75) is 12.2 Å². The van der Waals surface area contributed by atoms with Crippen molar-refractivity contribution in [3.63, 3.8) is 0 Å². The van der Waals surface area contributed by atoms with Crippen LogP contribution in [0.2, 0.25) is 5.02 Å². The van der Waals surface area contributed by atoms with Crippen molar-refractivity contribution in [1.82, 2.24) is 10.2 Å². The Morgan fingerprint density at radius 2 is 1.80 bits per heavy atom. The topological polar surface area (TPSA) is 15.3 Å². The molecule has 0 unspecified atom stereocenters. The average molecular weight is 333 g/mol. The van der Waals surface area contributed by atoms with Crippen molar-refractivity contribution < 1.29 is 17.6 Å². The van der Waals surface area contributed by atoms with Crippen molar-refractivity contribution in [3.8, 4) is 0 Å². The number of nitrogens with one attached hydrogen (secondary N) is 1. The zero-order valence-electron chi connectivity index (χ0n) is 10.4. The Kier molecular flexibility index (Phi) is 6.06. The Morgan fingerprint density at radius 3 is 2.30 bits per heavy atom. The summed E-state index contributed by atoms with van der Waals surface area (Å²) >= 11 is 5.58. The molecule has 114 valence electrons. The van der Waals surface area contributed by atoms with E-state index in [2.05, 4.69) is 5.32 Å². The minimum atomic E-state index is -4.52. The van der Waals surface area contributed by atoms with Gasteiger partial charge in [0.1, 0.15) is 11.9 Å². The van der Waals surface area contributed by atoms with Gasteiger partial charge in [-0.1, -0.05) is 17.7 Å². The zero-order chi connectivity index (χ0) is 14.0. The number of piperazine rings is 1. The standard InChI is InChI=1S/C12H13ClF4N2.ClH/c13-8-1-2-9(10(14)7-8)11(12(15,16)17)19-5-3-18-4-6-19;/h1-2,7,11,18H,3-6H2;1H/t11-;/m1./s1. The fourth-order valence-corrected chi connectivity index (χ4v) is 2.40. The molecule has 0 aromatic heterocycles. The third-order valence-corrected chi connectivity index (χ3v) is 3.32. The Hall–Kier alpha value is -0.560. The summed E-state index contributed by atoms with van der Waals surface area (Å²) in [7, 11) is 0. The summed E-state index contributed by atoms with van der Waals surface area (Å²) in [6.45, 7) is 1.38. The molecule has 0 saturated carbocycles. The molecule has 2 nitrogen and oxygen atoms in total. The fourth-order valence-electron chi connectivity index (χ4n) is 2.24. The highest BCUT2D eigenvalue weighted by Gasteiger charge is 2.46. The summed E-state index contributed by atoms with van der Waals surface area (Å²) in [5.74, 6) is -0.923. The first-order chi connectivity index (χ1) is 8.89. The van der Waals surface area contributed by atoms with Gasteiger partial charge in [-0.25, -0.2) is 4.39 Å². The van der Waals surface area contributed by atoms with Crippen LogP contribution in [-0.2, 0) is 0 Å². The van der Waals surface area contributed by atoms with Gasteiger partial charge >= 0.3 is 6.18 Å². The van der Waals surface area contributed by atoms with Crippen LogP contribution in [0.5, 0.6) is 0 Å². The molecule has 0 spiro atoms. The number of alkyl halides is 3. The predicted octanol–water partition coefficient (Wildman–Crippen LogP) is 3.41. The van der Waals surface area contributed by atoms with Gasteiger partial charge in [0.2, 0.25) is 0 Å². The number of halogens is 6. The second-order valence-corrected chi connectivity index (χ2v) is 4.83. The lowest BCUT2D eigenvalue weighted by atomic mass is 10.0. The number of benzene rings is 1. The molecule has 1 aromatic rings. The van der Waals surface area contributed by atoms with Gasteiger partial charge in [-0.3, -0.25) is 4.90 Å². The molecule has 1 heterocycles. The van der Waals surface area contributed by atoms with E-state index in [0.717, 1.165) is 12.1 Å². The van der Waals surface area contributed by atoms with E-state index in [9.17, 15) is 17.6 Å². The van der Waals surface area contributed by atoms with E-state index >= 15 is 0 Å². The van der Waals surface area contributed by atoms with Gasteiger partial charge in [-0.05, 0) is 12.1 Å². The van der Waals surface area contributed by atoms with E-state index in [1.165, 1.54) is 11.0 Å². The second kappa shape index (κ2) is 6.93. The molecule has 1 fully saturated rings. The summed E-state index contributed by atoms with van der Waals surface area (Å²) in [5, 5.41) is 3.06. The van der Waals surface area contributed by atoms with Gasteiger partial charge in [0.05, 0.1) is 0 Å². The van der Waals surface area contributed by atoms with Crippen molar-refractivity contribution >= 4 is 24.0 Å². The van der Waals surface area contributed by atoms with Crippen LogP contribution in [0.25, 0.3) is 0 Å². The lowest BCUT2D eigenvalue weighted by Gasteiger charge is -2.36. The van der Waals surface area contributed by atoms with E-state index in [1.54, 1.807) is 0 Å².